The van der Waals surface area contributed by atoms with E-state index in [9.17, 15) is 9.59 Å². The molecule has 0 saturated heterocycles. The Morgan fingerprint density at radius 3 is 2.62 bits per heavy atom. The van der Waals surface area contributed by atoms with Crippen molar-refractivity contribution in [3.8, 4) is 5.75 Å². The molecule has 0 N–H and O–H groups in total. The van der Waals surface area contributed by atoms with Crippen LogP contribution in [0.25, 0.3) is 21.9 Å². The maximum absolute atomic E-state index is 12.8. The Morgan fingerprint density at radius 1 is 1.00 bits per heavy atom. The first kappa shape index (κ1) is 14.3. The van der Waals surface area contributed by atoms with Gasteiger partial charge in [0.15, 0.2) is 5.76 Å². The molecule has 2 aromatic heterocycles. The molecule has 24 heavy (non-hydrogen) atoms. The van der Waals surface area contributed by atoms with Crippen molar-refractivity contribution in [3.63, 3.8) is 0 Å². The van der Waals surface area contributed by atoms with Gasteiger partial charge >= 0.3 is 5.97 Å². The van der Waals surface area contributed by atoms with E-state index in [1.807, 2.05) is 18.2 Å². The first-order chi connectivity index (χ1) is 11.6. The summed E-state index contributed by atoms with van der Waals surface area (Å²) >= 11 is 0. The first-order valence-electron chi connectivity index (χ1n) is 7.35. The van der Waals surface area contributed by atoms with Crippen LogP contribution >= 0.6 is 0 Å². The summed E-state index contributed by atoms with van der Waals surface area (Å²) in [5.74, 6) is -0.125. The van der Waals surface area contributed by atoms with Gasteiger partial charge in [0, 0.05) is 17.7 Å². The molecule has 0 amide bonds. The van der Waals surface area contributed by atoms with Crippen LogP contribution in [0.15, 0.2) is 63.6 Å². The number of benzene rings is 2. The molecular formula is C19H12O5. The molecule has 0 saturated carbocycles. The van der Waals surface area contributed by atoms with E-state index < -0.39 is 5.97 Å². The topological polar surface area (TPSA) is 69.7 Å². The minimum absolute atomic E-state index is 0.233. The summed E-state index contributed by atoms with van der Waals surface area (Å²) in [5.41, 5.74) is 1.54. The van der Waals surface area contributed by atoms with E-state index >= 15 is 0 Å². The minimum atomic E-state index is -0.428. The second-order valence-corrected chi connectivity index (χ2v) is 5.38. The van der Waals surface area contributed by atoms with E-state index in [0.717, 1.165) is 5.39 Å². The van der Waals surface area contributed by atoms with Gasteiger partial charge in [0.2, 0.25) is 5.78 Å². The Balaban J connectivity index is 1.79. The zero-order valence-electron chi connectivity index (χ0n) is 12.7. The molecule has 0 aliphatic carbocycles. The smallest absolute Gasteiger partial charge is 0.308 e. The molecule has 0 radical (unpaired) electrons. The Bertz CT molecular complexity index is 1050. The Hall–Kier alpha value is -3.34. The van der Waals surface area contributed by atoms with Gasteiger partial charge < -0.3 is 13.6 Å². The molecule has 0 bridgehead atoms. The fourth-order valence-corrected chi connectivity index (χ4v) is 2.64. The van der Waals surface area contributed by atoms with Gasteiger partial charge in [-0.25, -0.2) is 0 Å². The van der Waals surface area contributed by atoms with Crippen LogP contribution in [0.5, 0.6) is 5.75 Å². The van der Waals surface area contributed by atoms with E-state index in [1.165, 1.54) is 13.2 Å². The molecule has 4 aromatic rings. The third kappa shape index (κ3) is 2.36. The predicted octanol–water partition coefficient (Wildman–Crippen LogP) is 4.34. The van der Waals surface area contributed by atoms with Crippen LogP contribution < -0.4 is 4.74 Å². The van der Waals surface area contributed by atoms with Gasteiger partial charge in [-0.3, -0.25) is 9.59 Å². The molecule has 118 valence electrons. The zero-order valence-corrected chi connectivity index (χ0v) is 12.7. The molecule has 0 unspecified atom stereocenters. The standard InChI is InChI=1S/C19H12O5/c1-11(20)23-13-6-7-17-14(9-13)15(10-22-17)19(21)18-8-12-4-2-3-5-16(12)24-18/h2-10H,1H3. The summed E-state index contributed by atoms with van der Waals surface area (Å²) in [7, 11) is 0. The maximum atomic E-state index is 12.8. The average molecular weight is 320 g/mol. The molecule has 5 heteroatoms. The van der Waals surface area contributed by atoms with Crippen molar-refractivity contribution in [1.82, 2.24) is 0 Å². The van der Waals surface area contributed by atoms with Crippen molar-refractivity contribution >= 4 is 33.7 Å². The molecule has 2 aromatic carbocycles. The van der Waals surface area contributed by atoms with Crippen molar-refractivity contribution in [2.45, 2.75) is 6.92 Å². The Kier molecular flexibility index (Phi) is 3.20. The molecule has 4 rings (SSSR count). The van der Waals surface area contributed by atoms with E-state index in [0.29, 0.717) is 27.9 Å². The fourth-order valence-electron chi connectivity index (χ4n) is 2.64. The van der Waals surface area contributed by atoms with E-state index in [4.69, 9.17) is 13.6 Å². The zero-order chi connectivity index (χ0) is 16.7. The summed E-state index contributed by atoms with van der Waals surface area (Å²) in [6.45, 7) is 1.32. The predicted molar refractivity (Wildman–Crippen MR) is 87.2 cm³/mol. The number of rotatable bonds is 3. The highest BCUT2D eigenvalue weighted by atomic mass is 16.5. The summed E-state index contributed by atoms with van der Waals surface area (Å²) < 4.78 is 16.1. The third-order valence-corrected chi connectivity index (χ3v) is 3.70. The summed E-state index contributed by atoms with van der Waals surface area (Å²) in [4.78, 5) is 23.9. The van der Waals surface area contributed by atoms with Crippen molar-refractivity contribution in [2.24, 2.45) is 0 Å². The lowest BCUT2D eigenvalue weighted by molar-refractivity contribution is -0.131. The number of esters is 1. The van der Waals surface area contributed by atoms with Crippen LogP contribution in [0.2, 0.25) is 0 Å². The highest BCUT2D eigenvalue weighted by molar-refractivity contribution is 6.15. The van der Waals surface area contributed by atoms with Crippen LogP contribution in [0.1, 0.15) is 23.0 Å². The lowest BCUT2D eigenvalue weighted by atomic mass is 10.1. The molecular weight excluding hydrogens is 308 g/mol. The van der Waals surface area contributed by atoms with Crippen LogP contribution in [0, 0.1) is 0 Å². The Labute approximate surface area is 136 Å². The van der Waals surface area contributed by atoms with Gasteiger partial charge in [-0.15, -0.1) is 0 Å². The Morgan fingerprint density at radius 2 is 1.83 bits per heavy atom. The number of para-hydroxylation sites is 1. The van der Waals surface area contributed by atoms with Gasteiger partial charge in [0.25, 0.3) is 0 Å². The second kappa shape index (κ2) is 5.38. The summed E-state index contributed by atoms with van der Waals surface area (Å²) in [6, 6.07) is 14.0. The number of furan rings is 2. The van der Waals surface area contributed by atoms with Crippen molar-refractivity contribution in [2.75, 3.05) is 0 Å². The fraction of sp³-hybridized carbons (Fsp3) is 0.0526. The molecule has 0 aliphatic heterocycles. The van der Waals surface area contributed by atoms with Gasteiger partial charge in [0.05, 0.1) is 5.56 Å². The van der Waals surface area contributed by atoms with Gasteiger partial charge in [-0.1, -0.05) is 18.2 Å². The number of ketones is 1. The maximum Gasteiger partial charge on any atom is 0.308 e. The van der Waals surface area contributed by atoms with Gasteiger partial charge in [-0.2, -0.15) is 0 Å². The van der Waals surface area contributed by atoms with Crippen molar-refractivity contribution in [3.05, 3.63) is 66.1 Å². The van der Waals surface area contributed by atoms with Crippen LogP contribution in [0.4, 0.5) is 0 Å². The van der Waals surface area contributed by atoms with E-state index in [1.54, 1.807) is 30.3 Å². The average Bonchev–Trinajstić information content (AvgIpc) is 3.17. The van der Waals surface area contributed by atoms with Crippen LogP contribution in [-0.4, -0.2) is 11.8 Å². The highest BCUT2D eigenvalue weighted by Crippen LogP contribution is 2.29. The molecule has 0 fully saturated rings. The quantitative estimate of drug-likeness (QED) is 0.319. The van der Waals surface area contributed by atoms with Crippen molar-refractivity contribution in [1.29, 1.82) is 0 Å². The van der Waals surface area contributed by atoms with E-state index in [2.05, 4.69) is 0 Å². The molecule has 0 atom stereocenters. The first-order valence-corrected chi connectivity index (χ1v) is 7.35. The van der Waals surface area contributed by atoms with Crippen LogP contribution in [0.3, 0.4) is 0 Å². The number of carbonyl (C=O) groups is 2. The van der Waals surface area contributed by atoms with Gasteiger partial charge in [0.1, 0.15) is 23.2 Å². The SMILES string of the molecule is CC(=O)Oc1ccc2occ(C(=O)c3cc4ccccc4o3)c2c1. The lowest BCUT2D eigenvalue weighted by Crippen LogP contribution is -2.01. The molecule has 2 heterocycles. The summed E-state index contributed by atoms with van der Waals surface area (Å²) in [5, 5.41) is 1.42. The molecule has 0 spiro atoms. The number of hydrogen-bond acceptors (Lipinski definition) is 5. The van der Waals surface area contributed by atoms with Crippen LogP contribution in [-0.2, 0) is 4.79 Å². The number of carbonyl (C=O) groups excluding carboxylic acids is 2. The third-order valence-electron chi connectivity index (χ3n) is 3.70. The minimum Gasteiger partial charge on any atom is -0.464 e. The number of fused-ring (bicyclic) bond motifs is 2. The van der Waals surface area contributed by atoms with Gasteiger partial charge in [-0.05, 0) is 30.3 Å². The number of hydrogen-bond donors (Lipinski definition) is 0. The monoisotopic (exact) mass is 320 g/mol. The second-order valence-electron chi connectivity index (χ2n) is 5.38. The van der Waals surface area contributed by atoms with E-state index in [-0.39, 0.29) is 11.5 Å². The molecule has 5 nitrogen and oxygen atoms in total. The van der Waals surface area contributed by atoms with Crippen molar-refractivity contribution < 1.29 is 23.2 Å². The summed E-state index contributed by atoms with van der Waals surface area (Å²) in [6.07, 6.45) is 1.39. The molecule has 0 aliphatic rings. The lowest BCUT2D eigenvalue weighted by Gasteiger charge is -2.01. The highest BCUT2D eigenvalue weighted by Gasteiger charge is 2.20. The number of ether oxygens (including phenoxy) is 1. The largest absolute Gasteiger partial charge is 0.464 e. The normalized spacial score (nSPS) is 11.0.